The second kappa shape index (κ2) is 4.25. The number of rotatable bonds is 4. The summed E-state index contributed by atoms with van der Waals surface area (Å²) >= 11 is 0. The van der Waals surface area contributed by atoms with Crippen LogP contribution in [0, 0.1) is 0 Å². The van der Waals surface area contributed by atoms with Crippen LogP contribution < -0.4 is 11.2 Å². The van der Waals surface area contributed by atoms with Crippen LogP contribution in [-0.4, -0.2) is 19.1 Å². The molecule has 88 valence electrons. The first-order chi connectivity index (χ1) is 8.19. The number of aromatic nitrogens is 4. The molecule has 2 heterocycles. The number of hydrogen-bond acceptors (Lipinski definition) is 3. The minimum Gasteiger partial charge on any atom is -0.313 e. The Morgan fingerprint density at radius 3 is 2.65 bits per heavy atom. The average molecular weight is 232 g/mol. The fourth-order valence-corrected chi connectivity index (χ4v) is 1.63. The van der Waals surface area contributed by atoms with Crippen LogP contribution in [-0.2, 0) is 13.1 Å². The molecule has 0 bridgehead atoms. The summed E-state index contributed by atoms with van der Waals surface area (Å²) in [6.07, 6.45) is 4.65. The maximum atomic E-state index is 12.0. The maximum Gasteiger partial charge on any atom is 0.330 e. The van der Waals surface area contributed by atoms with Crippen molar-refractivity contribution in [2.24, 2.45) is 0 Å². The van der Waals surface area contributed by atoms with Crippen LogP contribution in [0.15, 0.2) is 41.2 Å². The molecule has 17 heavy (non-hydrogen) atoms. The number of fused-ring (bicyclic) bond motifs is 1. The standard InChI is InChI=1S/C11H12N4O2/c1-3-5-14-7-12-8-9(14)13-11(17)15(6-4-2)10(8)16/h3-4,7H,1-2,5-6H2,(H,13,17). The summed E-state index contributed by atoms with van der Waals surface area (Å²) in [5.41, 5.74) is -0.215. The van der Waals surface area contributed by atoms with Gasteiger partial charge in [0.15, 0.2) is 5.52 Å². The Labute approximate surface area is 96.5 Å². The molecular weight excluding hydrogens is 220 g/mol. The highest BCUT2D eigenvalue weighted by Gasteiger charge is 2.10. The summed E-state index contributed by atoms with van der Waals surface area (Å²) in [6, 6.07) is 0. The van der Waals surface area contributed by atoms with E-state index in [0.29, 0.717) is 12.2 Å². The molecule has 1 N–H and O–H groups in total. The predicted octanol–water partition coefficient (Wildman–Crippen LogP) is 0.258. The van der Waals surface area contributed by atoms with Gasteiger partial charge in [0.1, 0.15) is 5.65 Å². The van der Waals surface area contributed by atoms with Gasteiger partial charge >= 0.3 is 5.69 Å². The van der Waals surface area contributed by atoms with Gasteiger partial charge in [0, 0.05) is 13.1 Å². The Kier molecular flexibility index (Phi) is 2.78. The molecule has 0 spiro atoms. The molecule has 6 nitrogen and oxygen atoms in total. The summed E-state index contributed by atoms with van der Waals surface area (Å²) in [5.74, 6) is 0. The van der Waals surface area contributed by atoms with Crippen LogP contribution in [0.1, 0.15) is 0 Å². The topological polar surface area (TPSA) is 72.7 Å². The van der Waals surface area contributed by atoms with Crippen molar-refractivity contribution in [2.45, 2.75) is 13.1 Å². The van der Waals surface area contributed by atoms with E-state index < -0.39 is 11.2 Å². The van der Waals surface area contributed by atoms with Crippen molar-refractivity contribution in [3.63, 3.8) is 0 Å². The van der Waals surface area contributed by atoms with Gasteiger partial charge in [-0.3, -0.25) is 14.3 Å². The van der Waals surface area contributed by atoms with E-state index >= 15 is 0 Å². The largest absolute Gasteiger partial charge is 0.330 e. The molecule has 2 aromatic heterocycles. The molecule has 2 aromatic rings. The second-order valence-electron chi connectivity index (χ2n) is 3.52. The number of hydrogen-bond donors (Lipinski definition) is 1. The lowest BCUT2D eigenvalue weighted by atomic mass is 10.5. The van der Waals surface area contributed by atoms with Crippen molar-refractivity contribution in [3.8, 4) is 0 Å². The average Bonchev–Trinajstić information content (AvgIpc) is 2.68. The van der Waals surface area contributed by atoms with Gasteiger partial charge in [-0.1, -0.05) is 12.2 Å². The molecule has 0 aliphatic carbocycles. The Balaban J connectivity index is 2.78. The minimum atomic E-state index is -0.465. The number of nitrogens with one attached hydrogen (secondary N) is 1. The molecule has 0 saturated carbocycles. The first-order valence-electron chi connectivity index (χ1n) is 5.08. The Morgan fingerprint density at radius 1 is 1.29 bits per heavy atom. The quantitative estimate of drug-likeness (QED) is 0.768. The number of allylic oxidation sites excluding steroid dienone is 2. The van der Waals surface area contributed by atoms with E-state index in [4.69, 9.17) is 0 Å². The van der Waals surface area contributed by atoms with Crippen molar-refractivity contribution in [3.05, 3.63) is 52.5 Å². The molecule has 0 aliphatic heterocycles. The third kappa shape index (κ3) is 1.73. The molecule has 0 aromatic carbocycles. The molecular formula is C11H12N4O2. The first-order valence-corrected chi connectivity index (χ1v) is 5.08. The van der Waals surface area contributed by atoms with Crippen molar-refractivity contribution < 1.29 is 0 Å². The summed E-state index contributed by atoms with van der Waals surface area (Å²) in [5, 5.41) is 0. The monoisotopic (exact) mass is 232 g/mol. The normalized spacial score (nSPS) is 10.6. The Hall–Kier alpha value is -2.37. The third-order valence-corrected chi connectivity index (χ3v) is 2.39. The SMILES string of the molecule is C=CCn1c(=O)[nH]c2c(ncn2CC=C)c1=O. The number of nitrogens with zero attached hydrogens (tertiary/aromatic N) is 3. The van der Waals surface area contributed by atoms with Crippen LogP contribution in [0.25, 0.3) is 11.2 Å². The molecule has 0 amide bonds. The summed E-state index contributed by atoms with van der Waals surface area (Å²) in [7, 11) is 0. The lowest BCUT2D eigenvalue weighted by Gasteiger charge is -2.02. The Bertz CT molecular complexity index is 690. The zero-order valence-electron chi connectivity index (χ0n) is 9.22. The maximum absolute atomic E-state index is 12.0. The van der Waals surface area contributed by atoms with Crippen LogP contribution in [0.3, 0.4) is 0 Å². The van der Waals surface area contributed by atoms with Gasteiger partial charge in [-0.2, -0.15) is 0 Å². The van der Waals surface area contributed by atoms with E-state index in [2.05, 4.69) is 23.1 Å². The van der Waals surface area contributed by atoms with Gasteiger partial charge in [0.05, 0.1) is 6.33 Å². The van der Waals surface area contributed by atoms with Gasteiger partial charge in [0.25, 0.3) is 5.56 Å². The first kappa shape index (κ1) is 11.1. The van der Waals surface area contributed by atoms with E-state index in [-0.39, 0.29) is 12.1 Å². The molecule has 0 fully saturated rings. The summed E-state index contributed by atoms with van der Waals surface area (Å²) in [6.45, 7) is 7.75. The van der Waals surface area contributed by atoms with Crippen LogP contribution >= 0.6 is 0 Å². The van der Waals surface area contributed by atoms with E-state index in [9.17, 15) is 9.59 Å². The highest BCUT2D eigenvalue weighted by molar-refractivity contribution is 5.68. The minimum absolute atomic E-state index is 0.165. The fraction of sp³-hybridized carbons (Fsp3) is 0.182. The number of H-pyrrole nitrogens is 1. The van der Waals surface area contributed by atoms with Crippen LogP contribution in [0.5, 0.6) is 0 Å². The third-order valence-electron chi connectivity index (χ3n) is 2.39. The molecule has 6 heteroatoms. The molecule has 0 saturated heterocycles. The highest BCUT2D eigenvalue weighted by Crippen LogP contribution is 2.02. The lowest BCUT2D eigenvalue weighted by molar-refractivity contribution is 0.720. The Morgan fingerprint density at radius 2 is 2.00 bits per heavy atom. The van der Waals surface area contributed by atoms with Crippen molar-refractivity contribution in [2.75, 3.05) is 0 Å². The van der Waals surface area contributed by atoms with Gasteiger partial charge < -0.3 is 4.57 Å². The van der Waals surface area contributed by atoms with Gasteiger partial charge in [-0.05, 0) is 0 Å². The fourth-order valence-electron chi connectivity index (χ4n) is 1.63. The zero-order valence-corrected chi connectivity index (χ0v) is 9.22. The molecule has 2 rings (SSSR count). The number of aromatic amines is 1. The lowest BCUT2D eigenvalue weighted by Crippen LogP contribution is -2.34. The smallest absolute Gasteiger partial charge is 0.313 e. The summed E-state index contributed by atoms with van der Waals surface area (Å²) < 4.78 is 2.71. The van der Waals surface area contributed by atoms with Gasteiger partial charge in [-0.15, -0.1) is 13.2 Å². The summed E-state index contributed by atoms with van der Waals surface area (Å²) in [4.78, 5) is 30.3. The van der Waals surface area contributed by atoms with Gasteiger partial charge in [-0.25, -0.2) is 9.78 Å². The van der Waals surface area contributed by atoms with E-state index in [0.717, 1.165) is 4.57 Å². The van der Waals surface area contributed by atoms with E-state index in [1.165, 1.54) is 12.4 Å². The van der Waals surface area contributed by atoms with Crippen molar-refractivity contribution in [1.29, 1.82) is 0 Å². The molecule has 0 unspecified atom stereocenters. The van der Waals surface area contributed by atoms with Crippen LogP contribution in [0.4, 0.5) is 0 Å². The van der Waals surface area contributed by atoms with E-state index in [1.807, 2.05) is 0 Å². The molecule has 0 radical (unpaired) electrons. The van der Waals surface area contributed by atoms with E-state index in [1.54, 1.807) is 10.6 Å². The molecule has 0 atom stereocenters. The number of imidazole rings is 1. The zero-order chi connectivity index (χ0) is 12.4. The van der Waals surface area contributed by atoms with Crippen molar-refractivity contribution >= 4 is 11.2 Å². The molecule has 0 aliphatic rings. The predicted molar refractivity (Wildman–Crippen MR) is 65.0 cm³/mol. The van der Waals surface area contributed by atoms with Crippen LogP contribution in [0.2, 0.25) is 0 Å². The van der Waals surface area contributed by atoms with Gasteiger partial charge in [0.2, 0.25) is 0 Å². The van der Waals surface area contributed by atoms with Crippen molar-refractivity contribution in [1.82, 2.24) is 19.1 Å². The highest BCUT2D eigenvalue weighted by atomic mass is 16.2. The second-order valence-corrected chi connectivity index (χ2v) is 3.52.